The molecule has 17 heavy (non-hydrogen) atoms. The second kappa shape index (κ2) is 6.77. The summed E-state index contributed by atoms with van der Waals surface area (Å²) in [6.07, 6.45) is -5.81. The number of rotatable bonds is 8. The van der Waals surface area contributed by atoms with Crippen LogP contribution in [0.25, 0.3) is 0 Å². The van der Waals surface area contributed by atoms with Crippen LogP contribution in [0.5, 0.6) is 0 Å². The molecule has 0 unspecified atom stereocenters. The Morgan fingerprint density at radius 2 is 1.76 bits per heavy atom. The van der Waals surface area contributed by atoms with E-state index < -0.39 is 42.5 Å². The molecule has 0 aromatic carbocycles. The molecular formula is C10H19NO6. The SMILES string of the molecule is [2H]N[C@H](C(=O)C(=O)[C@@H](O)[C@H](O)[C@H](O)CO)C(C)C. The second-order valence-corrected chi connectivity index (χ2v) is 4.14. The van der Waals surface area contributed by atoms with E-state index in [9.17, 15) is 19.8 Å². The largest absolute Gasteiger partial charge is 0.394 e. The lowest BCUT2D eigenvalue weighted by Crippen LogP contribution is -2.50. The molecule has 0 aliphatic rings. The Kier molecular flexibility index (Phi) is 5.66. The molecule has 100 valence electrons. The Hall–Kier alpha value is -0.860. The van der Waals surface area contributed by atoms with Crippen LogP contribution in [-0.2, 0) is 9.59 Å². The summed E-state index contributed by atoms with van der Waals surface area (Å²) in [5.74, 6) is -2.73. The molecule has 0 aliphatic heterocycles. The highest BCUT2D eigenvalue weighted by Gasteiger charge is 2.36. The fraction of sp³-hybridized carbons (Fsp3) is 0.800. The first-order chi connectivity index (χ1) is 8.27. The highest BCUT2D eigenvalue weighted by molar-refractivity contribution is 6.40. The molecule has 0 rings (SSSR count). The molecule has 0 aromatic heterocycles. The van der Waals surface area contributed by atoms with Gasteiger partial charge < -0.3 is 26.2 Å². The summed E-state index contributed by atoms with van der Waals surface area (Å²) in [4.78, 5) is 23.2. The molecule has 7 heteroatoms. The number of carbonyl (C=O) groups is 2. The van der Waals surface area contributed by atoms with Crippen molar-refractivity contribution in [2.75, 3.05) is 6.61 Å². The van der Waals surface area contributed by atoms with Crippen molar-refractivity contribution in [1.29, 1.82) is 0 Å². The lowest BCUT2D eigenvalue weighted by atomic mass is 9.93. The number of hydrogen-bond acceptors (Lipinski definition) is 7. The number of aliphatic hydroxyl groups is 4. The van der Waals surface area contributed by atoms with Crippen LogP contribution in [0.2, 0.25) is 1.41 Å². The molecular weight excluding hydrogens is 230 g/mol. The van der Waals surface area contributed by atoms with Crippen LogP contribution >= 0.6 is 0 Å². The first kappa shape index (κ1) is 14.2. The van der Waals surface area contributed by atoms with Gasteiger partial charge in [-0.25, -0.2) is 0 Å². The summed E-state index contributed by atoms with van der Waals surface area (Å²) in [5.41, 5.74) is 1.89. The van der Waals surface area contributed by atoms with Gasteiger partial charge in [-0.2, -0.15) is 0 Å². The van der Waals surface area contributed by atoms with E-state index in [0.29, 0.717) is 0 Å². The average Bonchev–Trinajstić information content (AvgIpc) is 2.35. The van der Waals surface area contributed by atoms with Crippen molar-refractivity contribution in [3.63, 3.8) is 0 Å². The molecule has 0 saturated heterocycles. The molecule has 0 aliphatic carbocycles. The van der Waals surface area contributed by atoms with Crippen molar-refractivity contribution in [1.82, 2.24) is 0 Å². The Bertz CT molecular complexity index is 298. The fourth-order valence-electron chi connectivity index (χ4n) is 1.08. The minimum absolute atomic E-state index is 0.356. The van der Waals surface area contributed by atoms with Crippen LogP contribution in [0.3, 0.4) is 0 Å². The van der Waals surface area contributed by atoms with Gasteiger partial charge >= 0.3 is 0 Å². The first-order valence-electron chi connectivity index (χ1n) is 5.68. The van der Waals surface area contributed by atoms with Gasteiger partial charge in [0.1, 0.15) is 19.7 Å². The highest BCUT2D eigenvalue weighted by Crippen LogP contribution is 2.06. The molecule has 0 bridgehead atoms. The third kappa shape index (κ3) is 4.14. The van der Waals surface area contributed by atoms with Gasteiger partial charge in [-0.3, -0.25) is 9.59 Å². The zero-order chi connectivity index (χ0) is 14.5. The summed E-state index contributed by atoms with van der Waals surface area (Å²) in [6, 6.07) is -1.11. The summed E-state index contributed by atoms with van der Waals surface area (Å²) >= 11 is 0. The molecule has 4 atom stereocenters. The van der Waals surface area contributed by atoms with Gasteiger partial charge in [0.05, 0.1) is 12.6 Å². The summed E-state index contributed by atoms with van der Waals surface area (Å²) in [5, 5.41) is 36.3. The van der Waals surface area contributed by atoms with Crippen LogP contribution in [0.4, 0.5) is 0 Å². The zero-order valence-electron chi connectivity index (χ0n) is 10.7. The molecule has 0 saturated carbocycles. The van der Waals surface area contributed by atoms with Gasteiger partial charge in [-0.05, 0) is 5.92 Å². The van der Waals surface area contributed by atoms with E-state index in [1.165, 1.54) is 0 Å². The minimum Gasteiger partial charge on any atom is -0.394 e. The Morgan fingerprint density at radius 3 is 2.12 bits per heavy atom. The van der Waals surface area contributed by atoms with Crippen LogP contribution in [0, 0.1) is 5.92 Å². The highest BCUT2D eigenvalue weighted by atomic mass is 16.4. The maximum absolute atomic E-state index is 11.6. The van der Waals surface area contributed by atoms with E-state index >= 15 is 0 Å². The molecule has 0 heterocycles. The van der Waals surface area contributed by atoms with E-state index in [4.69, 9.17) is 11.6 Å². The van der Waals surface area contributed by atoms with E-state index in [1.54, 1.807) is 13.8 Å². The minimum atomic E-state index is -2.13. The maximum Gasteiger partial charge on any atom is 0.231 e. The Balaban J connectivity index is 4.78. The van der Waals surface area contributed by atoms with Crippen LogP contribution in [-0.4, -0.2) is 63.0 Å². The van der Waals surface area contributed by atoms with Gasteiger partial charge in [0.15, 0.2) is 0 Å². The number of hydrogen-bond donors (Lipinski definition) is 5. The van der Waals surface area contributed by atoms with E-state index in [0.717, 1.165) is 0 Å². The molecule has 6 N–H and O–H groups in total. The fourth-order valence-corrected chi connectivity index (χ4v) is 1.08. The lowest BCUT2D eigenvalue weighted by Gasteiger charge is -2.21. The van der Waals surface area contributed by atoms with Gasteiger partial charge in [-0.15, -0.1) is 0 Å². The monoisotopic (exact) mass is 250 g/mol. The van der Waals surface area contributed by atoms with Crippen molar-refractivity contribution < 1.29 is 31.4 Å². The van der Waals surface area contributed by atoms with Crippen LogP contribution < -0.4 is 5.73 Å². The number of ketones is 2. The van der Waals surface area contributed by atoms with Crippen molar-refractivity contribution >= 4 is 11.6 Å². The zero-order valence-corrected chi connectivity index (χ0v) is 9.70. The van der Waals surface area contributed by atoms with Gasteiger partial charge in [-0.1, -0.05) is 13.8 Å². The Labute approximate surface area is 100 Å². The topological polar surface area (TPSA) is 141 Å². The third-order valence-corrected chi connectivity index (χ3v) is 2.37. The number of aliphatic hydroxyl groups excluding tert-OH is 4. The molecule has 7 nitrogen and oxygen atoms in total. The maximum atomic E-state index is 11.6. The first-order valence-corrected chi connectivity index (χ1v) is 5.18. The molecule has 0 radical (unpaired) electrons. The smallest absolute Gasteiger partial charge is 0.231 e. The number of Topliss-reactive ketones (excluding diaryl/α,β-unsaturated/α-hetero) is 2. The quantitative estimate of drug-likeness (QED) is 0.293. The average molecular weight is 250 g/mol. The normalized spacial score (nSPS) is 19.4. The van der Waals surface area contributed by atoms with E-state index in [1.807, 2.05) is 5.73 Å². The van der Waals surface area contributed by atoms with Crippen molar-refractivity contribution in [2.24, 2.45) is 11.6 Å². The molecule has 0 fully saturated rings. The van der Waals surface area contributed by atoms with Gasteiger partial charge in [0, 0.05) is 0 Å². The number of nitrogens with two attached hydrogens (primary N) is 1. The van der Waals surface area contributed by atoms with E-state index in [2.05, 4.69) is 0 Å². The van der Waals surface area contributed by atoms with E-state index in [-0.39, 0.29) is 5.92 Å². The molecule has 0 aromatic rings. The molecule has 0 amide bonds. The van der Waals surface area contributed by atoms with Gasteiger partial charge in [0.2, 0.25) is 11.6 Å². The van der Waals surface area contributed by atoms with Gasteiger partial charge in [0.25, 0.3) is 0 Å². The summed E-state index contributed by atoms with van der Waals surface area (Å²) < 4.78 is 6.93. The standard InChI is InChI=1S/C10H19NO6/c1-4(2)6(11)8(15)10(17)9(16)7(14)5(13)3-12/h4-7,9,12-14,16H,3,11H2,1-2H3/t5-,6+,7-,9+/m1/s1/i/hD. The summed E-state index contributed by atoms with van der Waals surface area (Å²) in [6.45, 7) is 2.34. The van der Waals surface area contributed by atoms with Crippen LogP contribution in [0.15, 0.2) is 0 Å². The van der Waals surface area contributed by atoms with Crippen LogP contribution in [0.1, 0.15) is 13.8 Å². The van der Waals surface area contributed by atoms with Crippen molar-refractivity contribution in [2.45, 2.75) is 38.2 Å². The summed E-state index contributed by atoms with van der Waals surface area (Å²) in [7, 11) is 0. The number of carbonyl (C=O) groups excluding carboxylic acids is 2. The predicted molar refractivity (Wildman–Crippen MR) is 57.9 cm³/mol. The van der Waals surface area contributed by atoms with Crippen molar-refractivity contribution in [3.8, 4) is 0 Å². The molecule has 0 spiro atoms. The predicted octanol–water partition coefficient (Wildman–Crippen LogP) is -2.82. The van der Waals surface area contributed by atoms with Crippen molar-refractivity contribution in [3.05, 3.63) is 0 Å². The Morgan fingerprint density at radius 1 is 1.24 bits per heavy atom. The third-order valence-electron chi connectivity index (χ3n) is 2.37. The second-order valence-electron chi connectivity index (χ2n) is 4.14. The lowest BCUT2D eigenvalue weighted by molar-refractivity contribution is -0.150.